The van der Waals surface area contributed by atoms with Gasteiger partial charge in [0.05, 0.1) is 0 Å². The first-order valence-electron chi connectivity index (χ1n) is 6.89. The van der Waals surface area contributed by atoms with Crippen LogP contribution in [0.5, 0.6) is 0 Å². The van der Waals surface area contributed by atoms with Gasteiger partial charge in [-0.15, -0.1) is 12.4 Å². The van der Waals surface area contributed by atoms with Crippen LogP contribution in [0.15, 0.2) is 6.07 Å². The lowest BCUT2D eigenvalue weighted by Gasteiger charge is -2.27. The first kappa shape index (κ1) is 13.8. The average Bonchev–Trinajstić information content (AvgIpc) is 2.27. The Labute approximate surface area is 115 Å². The van der Waals surface area contributed by atoms with Gasteiger partial charge in [-0.3, -0.25) is 0 Å². The Kier molecular flexibility index (Phi) is 4.57. The Bertz CT molecular complexity index is 398. The topological polar surface area (TPSA) is 37.8 Å². The Hall–Kier alpha value is -0.670. The summed E-state index contributed by atoms with van der Waals surface area (Å²) in [5.74, 6) is 2.40. The van der Waals surface area contributed by atoms with Gasteiger partial charge in [-0.05, 0) is 51.8 Å². The van der Waals surface area contributed by atoms with Crippen LogP contribution in [0.3, 0.4) is 0 Å². The molecule has 0 aromatic carbocycles. The Morgan fingerprint density at radius 1 is 1.06 bits per heavy atom. The average molecular weight is 268 g/mol. The summed E-state index contributed by atoms with van der Waals surface area (Å²) in [4.78, 5) is 9.50. The molecule has 1 aliphatic heterocycles. The van der Waals surface area contributed by atoms with Crippen LogP contribution in [0, 0.1) is 6.92 Å². The van der Waals surface area contributed by atoms with E-state index in [0.29, 0.717) is 5.92 Å². The third-order valence-corrected chi connectivity index (χ3v) is 4.12. The van der Waals surface area contributed by atoms with E-state index in [1.54, 1.807) is 0 Å². The molecule has 1 aromatic heterocycles. The van der Waals surface area contributed by atoms with Crippen molar-refractivity contribution in [2.45, 2.75) is 50.9 Å². The number of piperidine rings is 1. The van der Waals surface area contributed by atoms with E-state index in [1.165, 1.54) is 37.8 Å². The van der Waals surface area contributed by atoms with Gasteiger partial charge in [0.1, 0.15) is 5.82 Å². The third-order valence-electron chi connectivity index (χ3n) is 4.12. The molecule has 1 saturated carbocycles. The van der Waals surface area contributed by atoms with Crippen LogP contribution in [0.1, 0.15) is 61.2 Å². The molecule has 0 spiro atoms. The predicted molar refractivity (Wildman–Crippen MR) is 75.5 cm³/mol. The zero-order chi connectivity index (χ0) is 11.7. The summed E-state index contributed by atoms with van der Waals surface area (Å²) in [6.07, 6.45) is 6.39. The summed E-state index contributed by atoms with van der Waals surface area (Å²) >= 11 is 0. The van der Waals surface area contributed by atoms with Gasteiger partial charge >= 0.3 is 0 Å². The second-order valence-electron chi connectivity index (χ2n) is 5.44. The summed E-state index contributed by atoms with van der Waals surface area (Å²) in [6, 6.07) is 2.19. The maximum atomic E-state index is 4.84. The highest BCUT2D eigenvalue weighted by Crippen LogP contribution is 2.36. The first-order chi connectivity index (χ1) is 8.33. The molecule has 1 aliphatic carbocycles. The number of nitrogens with zero attached hydrogens (tertiary/aromatic N) is 2. The van der Waals surface area contributed by atoms with Gasteiger partial charge in [-0.25, -0.2) is 9.97 Å². The minimum Gasteiger partial charge on any atom is -0.317 e. The molecule has 3 nitrogen and oxygen atoms in total. The van der Waals surface area contributed by atoms with Crippen LogP contribution in [0.2, 0.25) is 0 Å². The molecular formula is C14H22ClN3. The summed E-state index contributed by atoms with van der Waals surface area (Å²) in [7, 11) is 0. The van der Waals surface area contributed by atoms with Gasteiger partial charge in [0.2, 0.25) is 0 Å². The van der Waals surface area contributed by atoms with Gasteiger partial charge < -0.3 is 5.32 Å². The normalized spacial score (nSPS) is 21.2. The Morgan fingerprint density at radius 3 is 2.39 bits per heavy atom. The van der Waals surface area contributed by atoms with Crippen molar-refractivity contribution in [3.05, 3.63) is 23.3 Å². The number of hydrogen-bond acceptors (Lipinski definition) is 3. The highest BCUT2D eigenvalue weighted by molar-refractivity contribution is 5.85. The van der Waals surface area contributed by atoms with Gasteiger partial charge in [0.25, 0.3) is 0 Å². The molecule has 0 amide bonds. The molecule has 0 unspecified atom stereocenters. The maximum Gasteiger partial charge on any atom is 0.132 e. The first-order valence-corrected chi connectivity index (χ1v) is 6.89. The van der Waals surface area contributed by atoms with Gasteiger partial charge in [0.15, 0.2) is 0 Å². The fourth-order valence-corrected chi connectivity index (χ4v) is 2.79. The molecule has 0 atom stereocenters. The smallest absolute Gasteiger partial charge is 0.132 e. The van der Waals surface area contributed by atoms with Crippen molar-refractivity contribution in [1.82, 2.24) is 15.3 Å². The molecule has 0 radical (unpaired) electrons. The molecule has 1 N–H and O–H groups in total. The number of aryl methyl sites for hydroxylation is 1. The summed E-state index contributed by atoms with van der Waals surface area (Å²) in [6.45, 7) is 4.33. The van der Waals surface area contributed by atoms with Crippen LogP contribution in [0.25, 0.3) is 0 Å². The predicted octanol–water partition coefficient (Wildman–Crippen LogP) is 2.94. The third kappa shape index (κ3) is 2.83. The summed E-state index contributed by atoms with van der Waals surface area (Å²) in [5.41, 5.74) is 2.45. The maximum absolute atomic E-state index is 4.84. The second kappa shape index (κ2) is 5.98. The fraction of sp³-hybridized carbons (Fsp3) is 0.714. The Morgan fingerprint density at radius 2 is 1.78 bits per heavy atom. The number of aromatic nitrogens is 2. The lowest BCUT2D eigenvalue weighted by Crippen LogP contribution is -2.28. The van der Waals surface area contributed by atoms with Crippen LogP contribution >= 0.6 is 12.4 Å². The van der Waals surface area contributed by atoms with Crippen molar-refractivity contribution in [1.29, 1.82) is 0 Å². The highest BCUT2D eigenvalue weighted by atomic mass is 35.5. The van der Waals surface area contributed by atoms with Gasteiger partial charge in [0, 0.05) is 23.2 Å². The van der Waals surface area contributed by atoms with Gasteiger partial charge in [-0.2, -0.15) is 0 Å². The highest BCUT2D eigenvalue weighted by Gasteiger charge is 2.24. The van der Waals surface area contributed by atoms with Crippen molar-refractivity contribution in [2.75, 3.05) is 13.1 Å². The number of rotatable bonds is 2. The molecule has 2 heterocycles. The standard InChI is InChI=1S/C14H21N3.ClH/c1-10-9-13(11-3-2-4-11)17-14(16-10)12-5-7-15-8-6-12;/h9,11-12,15H,2-8H2,1H3;1H. The minimum absolute atomic E-state index is 0. The van der Waals surface area contributed by atoms with E-state index in [0.717, 1.165) is 30.5 Å². The van der Waals surface area contributed by atoms with E-state index in [4.69, 9.17) is 4.98 Å². The van der Waals surface area contributed by atoms with E-state index in [1.807, 2.05) is 0 Å². The SMILES string of the molecule is Cc1cc(C2CCC2)nc(C2CCNCC2)n1.Cl. The van der Waals surface area contributed by atoms with Crippen LogP contribution in [-0.4, -0.2) is 23.1 Å². The number of nitrogens with one attached hydrogen (secondary N) is 1. The zero-order valence-electron chi connectivity index (χ0n) is 11.0. The van der Waals surface area contributed by atoms with E-state index in [2.05, 4.69) is 23.3 Å². The summed E-state index contributed by atoms with van der Waals surface area (Å²) in [5, 5.41) is 3.40. The molecule has 2 fully saturated rings. The molecular weight excluding hydrogens is 246 g/mol. The van der Waals surface area contributed by atoms with E-state index < -0.39 is 0 Å². The number of halogens is 1. The molecule has 100 valence electrons. The molecule has 1 saturated heterocycles. The summed E-state index contributed by atoms with van der Waals surface area (Å²) < 4.78 is 0. The van der Waals surface area contributed by atoms with Crippen LogP contribution in [-0.2, 0) is 0 Å². The molecule has 1 aromatic rings. The fourth-order valence-electron chi connectivity index (χ4n) is 2.79. The van der Waals surface area contributed by atoms with E-state index in [9.17, 15) is 0 Å². The second-order valence-corrected chi connectivity index (χ2v) is 5.44. The van der Waals surface area contributed by atoms with Crippen LogP contribution in [0.4, 0.5) is 0 Å². The van der Waals surface area contributed by atoms with E-state index >= 15 is 0 Å². The lowest BCUT2D eigenvalue weighted by atomic mass is 9.82. The zero-order valence-corrected chi connectivity index (χ0v) is 11.8. The molecule has 0 bridgehead atoms. The quantitative estimate of drug-likeness (QED) is 0.895. The van der Waals surface area contributed by atoms with Crippen LogP contribution < -0.4 is 5.32 Å². The molecule has 18 heavy (non-hydrogen) atoms. The number of hydrogen-bond donors (Lipinski definition) is 1. The molecule has 3 rings (SSSR count). The van der Waals surface area contributed by atoms with Crippen molar-refractivity contribution < 1.29 is 0 Å². The minimum atomic E-state index is 0. The monoisotopic (exact) mass is 267 g/mol. The van der Waals surface area contributed by atoms with Crippen molar-refractivity contribution >= 4 is 12.4 Å². The van der Waals surface area contributed by atoms with E-state index in [-0.39, 0.29) is 12.4 Å². The van der Waals surface area contributed by atoms with Crippen molar-refractivity contribution in [3.63, 3.8) is 0 Å². The van der Waals surface area contributed by atoms with Gasteiger partial charge in [-0.1, -0.05) is 6.42 Å². The van der Waals surface area contributed by atoms with Crippen molar-refractivity contribution in [2.24, 2.45) is 0 Å². The Balaban J connectivity index is 0.00000120. The van der Waals surface area contributed by atoms with Crippen molar-refractivity contribution in [3.8, 4) is 0 Å². The molecule has 4 heteroatoms. The molecule has 2 aliphatic rings. The largest absolute Gasteiger partial charge is 0.317 e. The lowest BCUT2D eigenvalue weighted by molar-refractivity contribution is 0.402.